The lowest BCUT2D eigenvalue weighted by molar-refractivity contribution is -0.125. The first kappa shape index (κ1) is 24.7. The number of anilines is 2. The van der Waals surface area contributed by atoms with Gasteiger partial charge in [0.05, 0.1) is 23.2 Å². The van der Waals surface area contributed by atoms with E-state index in [0.29, 0.717) is 41.2 Å². The summed E-state index contributed by atoms with van der Waals surface area (Å²) in [5.41, 5.74) is 7.82. The summed E-state index contributed by atoms with van der Waals surface area (Å²) in [6, 6.07) is 19.7. The van der Waals surface area contributed by atoms with Gasteiger partial charge in [-0.05, 0) is 67.1 Å². The molecule has 0 bridgehead atoms. The fraction of sp³-hybridized carbons (Fsp3) is 0.231. The first-order valence-corrected chi connectivity index (χ1v) is 11.9. The molecule has 1 fully saturated rings. The van der Waals surface area contributed by atoms with Crippen LogP contribution in [0.4, 0.5) is 11.4 Å². The number of carbonyl (C=O) groups excluding carboxylic acids is 2. The molecular weight excluding hydrogens is 489 g/mol. The number of hydrogen-bond donors (Lipinski definition) is 2. The van der Waals surface area contributed by atoms with E-state index in [0.717, 1.165) is 17.0 Å². The van der Waals surface area contributed by atoms with Crippen molar-refractivity contribution in [2.75, 3.05) is 23.5 Å². The van der Waals surface area contributed by atoms with Crippen molar-refractivity contribution in [2.24, 2.45) is 5.92 Å². The lowest BCUT2D eigenvalue weighted by atomic mass is 10.1. The molecule has 0 saturated carbocycles. The van der Waals surface area contributed by atoms with E-state index >= 15 is 0 Å². The summed E-state index contributed by atoms with van der Waals surface area (Å²) in [6.07, 6.45) is 0.138. The summed E-state index contributed by atoms with van der Waals surface area (Å²) < 4.78 is 11.2. The largest absolute Gasteiger partial charge is 0.494 e. The Morgan fingerprint density at radius 2 is 1.77 bits per heavy atom. The second kappa shape index (κ2) is 11.3. The Kier molecular flexibility index (Phi) is 8.00. The van der Waals surface area contributed by atoms with Crippen LogP contribution < -0.4 is 25.2 Å². The SMILES string of the molecule is CCOc1ccc(N2C[C@@H](C(=O)NNc3ccc(OCc4ccc(Cl)cc4)c(Cl)c3)CC2=O)cc1. The predicted molar refractivity (Wildman–Crippen MR) is 137 cm³/mol. The van der Waals surface area contributed by atoms with E-state index in [1.165, 1.54) is 0 Å². The second-order valence-corrected chi connectivity index (χ2v) is 8.85. The van der Waals surface area contributed by atoms with Gasteiger partial charge >= 0.3 is 0 Å². The van der Waals surface area contributed by atoms with E-state index in [2.05, 4.69) is 10.9 Å². The maximum atomic E-state index is 12.7. The maximum Gasteiger partial charge on any atom is 0.243 e. The van der Waals surface area contributed by atoms with Gasteiger partial charge in [-0.25, -0.2) is 0 Å². The summed E-state index contributed by atoms with van der Waals surface area (Å²) in [6.45, 7) is 3.13. The third kappa shape index (κ3) is 6.38. The Hall–Kier alpha value is -3.42. The molecule has 4 rings (SSSR count). The first-order chi connectivity index (χ1) is 16.9. The number of nitrogens with one attached hydrogen (secondary N) is 2. The van der Waals surface area contributed by atoms with Crippen molar-refractivity contribution < 1.29 is 19.1 Å². The van der Waals surface area contributed by atoms with Gasteiger partial charge in [0, 0.05) is 23.7 Å². The van der Waals surface area contributed by atoms with Gasteiger partial charge in [0.1, 0.15) is 18.1 Å². The molecule has 0 spiro atoms. The smallest absolute Gasteiger partial charge is 0.243 e. The zero-order chi connectivity index (χ0) is 24.8. The minimum absolute atomic E-state index is 0.0976. The van der Waals surface area contributed by atoms with Crippen molar-refractivity contribution in [2.45, 2.75) is 20.0 Å². The monoisotopic (exact) mass is 513 g/mol. The van der Waals surface area contributed by atoms with Crippen molar-refractivity contribution in [3.63, 3.8) is 0 Å². The van der Waals surface area contributed by atoms with Crippen molar-refractivity contribution in [1.82, 2.24) is 5.43 Å². The quantitative estimate of drug-likeness (QED) is 0.371. The third-order valence-electron chi connectivity index (χ3n) is 5.52. The van der Waals surface area contributed by atoms with E-state index in [1.54, 1.807) is 35.2 Å². The Morgan fingerprint density at radius 1 is 1.03 bits per heavy atom. The van der Waals surface area contributed by atoms with E-state index in [-0.39, 0.29) is 18.2 Å². The summed E-state index contributed by atoms with van der Waals surface area (Å²) in [4.78, 5) is 26.8. The molecule has 2 N–H and O–H groups in total. The summed E-state index contributed by atoms with van der Waals surface area (Å²) >= 11 is 12.2. The topological polar surface area (TPSA) is 79.9 Å². The highest BCUT2D eigenvalue weighted by molar-refractivity contribution is 6.32. The number of carbonyl (C=O) groups is 2. The van der Waals surface area contributed by atoms with Crippen LogP contribution in [-0.4, -0.2) is 25.0 Å². The van der Waals surface area contributed by atoms with Crippen molar-refractivity contribution >= 4 is 46.4 Å². The second-order valence-electron chi connectivity index (χ2n) is 8.01. The number of hydrogen-bond acceptors (Lipinski definition) is 5. The first-order valence-electron chi connectivity index (χ1n) is 11.2. The molecule has 9 heteroatoms. The highest BCUT2D eigenvalue weighted by Gasteiger charge is 2.35. The minimum Gasteiger partial charge on any atom is -0.494 e. The van der Waals surface area contributed by atoms with E-state index in [1.807, 2.05) is 43.3 Å². The molecule has 1 aliphatic rings. The molecule has 0 unspecified atom stereocenters. The standard InChI is InChI=1S/C26H25Cl2N3O4/c1-2-34-22-10-8-21(9-11-22)31-15-18(13-25(31)32)26(33)30-29-20-7-12-24(23(28)14-20)35-16-17-3-5-19(27)6-4-17/h3-12,14,18,29H,2,13,15-16H2,1H3,(H,30,33)/t18-/m0/s1. The third-order valence-corrected chi connectivity index (χ3v) is 6.07. The van der Waals surface area contributed by atoms with Gasteiger partial charge in [-0.3, -0.25) is 20.4 Å². The van der Waals surface area contributed by atoms with Crippen molar-refractivity contribution in [3.8, 4) is 11.5 Å². The fourth-order valence-electron chi connectivity index (χ4n) is 3.69. The zero-order valence-corrected chi connectivity index (χ0v) is 20.6. The molecule has 7 nitrogen and oxygen atoms in total. The van der Waals surface area contributed by atoms with Gasteiger partial charge in [0.25, 0.3) is 0 Å². The summed E-state index contributed by atoms with van der Waals surface area (Å²) in [5.74, 6) is 0.414. The fourth-order valence-corrected chi connectivity index (χ4v) is 4.06. The summed E-state index contributed by atoms with van der Waals surface area (Å²) in [7, 11) is 0. The molecule has 1 heterocycles. The van der Waals surface area contributed by atoms with Crippen LogP contribution >= 0.6 is 23.2 Å². The number of amides is 2. The van der Waals surface area contributed by atoms with Crippen molar-refractivity contribution in [3.05, 3.63) is 82.3 Å². The lowest BCUT2D eigenvalue weighted by Gasteiger charge is -2.17. The molecule has 3 aromatic carbocycles. The molecule has 182 valence electrons. The van der Waals surface area contributed by atoms with Crippen LogP contribution in [0.2, 0.25) is 10.0 Å². The summed E-state index contributed by atoms with van der Waals surface area (Å²) in [5, 5.41) is 1.06. The number of nitrogens with zero attached hydrogens (tertiary/aromatic N) is 1. The Labute approximate surface area is 213 Å². The van der Waals surface area contributed by atoms with Crippen LogP contribution in [0.25, 0.3) is 0 Å². The van der Waals surface area contributed by atoms with E-state index < -0.39 is 5.92 Å². The molecule has 35 heavy (non-hydrogen) atoms. The van der Waals surface area contributed by atoms with Gasteiger partial charge in [-0.2, -0.15) is 0 Å². The predicted octanol–water partition coefficient (Wildman–Crippen LogP) is 5.47. The number of halogens is 2. The highest BCUT2D eigenvalue weighted by atomic mass is 35.5. The van der Waals surface area contributed by atoms with Gasteiger partial charge in [0.2, 0.25) is 11.8 Å². The van der Waals surface area contributed by atoms with Crippen molar-refractivity contribution in [1.29, 1.82) is 0 Å². The average molecular weight is 514 g/mol. The molecule has 3 aromatic rings. The van der Waals surface area contributed by atoms with Crippen LogP contribution in [-0.2, 0) is 16.2 Å². The molecule has 2 amide bonds. The molecule has 0 aliphatic carbocycles. The van der Waals surface area contributed by atoms with Gasteiger partial charge < -0.3 is 14.4 Å². The van der Waals surface area contributed by atoms with Crippen LogP contribution in [0.1, 0.15) is 18.9 Å². The normalized spacial score (nSPS) is 15.1. The molecule has 1 atom stereocenters. The van der Waals surface area contributed by atoms with Gasteiger partial charge in [0.15, 0.2) is 0 Å². The molecular formula is C26H25Cl2N3O4. The van der Waals surface area contributed by atoms with E-state index in [9.17, 15) is 9.59 Å². The molecule has 1 saturated heterocycles. The maximum absolute atomic E-state index is 12.7. The number of rotatable bonds is 9. The molecule has 1 aliphatic heterocycles. The highest BCUT2D eigenvalue weighted by Crippen LogP contribution is 2.29. The van der Waals surface area contributed by atoms with Crippen LogP contribution in [0.3, 0.4) is 0 Å². The minimum atomic E-state index is -0.473. The van der Waals surface area contributed by atoms with Crippen LogP contribution in [0, 0.1) is 5.92 Å². The number of benzene rings is 3. The Morgan fingerprint density at radius 3 is 2.46 bits per heavy atom. The lowest BCUT2D eigenvalue weighted by Crippen LogP contribution is -2.36. The van der Waals surface area contributed by atoms with Gasteiger partial charge in [-0.1, -0.05) is 35.3 Å². The zero-order valence-electron chi connectivity index (χ0n) is 19.1. The Balaban J connectivity index is 1.29. The average Bonchev–Trinajstić information content (AvgIpc) is 3.25. The molecule has 0 radical (unpaired) electrons. The van der Waals surface area contributed by atoms with Crippen LogP contribution in [0.15, 0.2) is 66.7 Å². The number of ether oxygens (including phenoxy) is 2. The van der Waals surface area contributed by atoms with E-state index in [4.69, 9.17) is 32.7 Å². The van der Waals surface area contributed by atoms with Crippen LogP contribution in [0.5, 0.6) is 11.5 Å². The van der Waals surface area contributed by atoms with Gasteiger partial charge in [-0.15, -0.1) is 0 Å². The Bertz CT molecular complexity index is 1190. The number of hydrazine groups is 1. The molecule has 0 aromatic heterocycles.